The molecule has 0 aliphatic heterocycles. The Balaban J connectivity index is 3.15. The minimum absolute atomic E-state index is 0.0839. The number of allylic oxidation sites excluding steroid dienone is 2. The molecule has 0 atom stereocenters. The summed E-state index contributed by atoms with van der Waals surface area (Å²) in [6.45, 7) is 0. The molecule has 0 amide bonds. The molecule has 0 bridgehead atoms. The molecule has 1 N–H and O–H groups in total. The maximum absolute atomic E-state index is 9.26. The lowest BCUT2D eigenvalue weighted by Crippen LogP contribution is -1.93. The van der Waals surface area contributed by atoms with Crippen molar-refractivity contribution in [1.82, 2.24) is 4.98 Å². The number of hydrogen-bond acceptors (Lipinski definition) is 3. The predicted molar refractivity (Wildman–Crippen MR) is 50.1 cm³/mol. The normalized spacial score (nSPS) is 11.7. The van der Waals surface area contributed by atoms with Crippen molar-refractivity contribution < 1.29 is 5.11 Å². The van der Waals surface area contributed by atoms with Crippen LogP contribution in [0.2, 0.25) is 0 Å². The quantitative estimate of drug-likeness (QED) is 0.446. The van der Waals surface area contributed by atoms with Crippen molar-refractivity contribution >= 4 is 17.2 Å². The number of halogens is 1. The summed E-state index contributed by atoms with van der Waals surface area (Å²) in [6, 6.07) is 6.96. The first-order chi connectivity index (χ1) is 6.29. The Morgan fingerprint density at radius 2 is 2.38 bits per heavy atom. The fourth-order valence-electron chi connectivity index (χ4n) is 0.847. The van der Waals surface area contributed by atoms with Gasteiger partial charge in [0.05, 0.1) is 11.6 Å². The van der Waals surface area contributed by atoms with E-state index in [9.17, 15) is 5.11 Å². The van der Waals surface area contributed by atoms with Crippen LogP contribution < -0.4 is 0 Å². The van der Waals surface area contributed by atoms with Gasteiger partial charge in [0, 0.05) is 6.20 Å². The second-order valence-corrected chi connectivity index (χ2v) is 2.55. The molecule has 1 aromatic rings. The van der Waals surface area contributed by atoms with Crippen molar-refractivity contribution in [2.45, 2.75) is 0 Å². The molecule has 3 nitrogen and oxygen atoms in total. The Bertz CT molecular complexity index is 354. The number of aliphatic hydroxyl groups is 1. The summed E-state index contributed by atoms with van der Waals surface area (Å²) in [6.07, 6.45) is 1.55. The topological polar surface area (TPSA) is 56.9 Å². The van der Waals surface area contributed by atoms with E-state index >= 15 is 0 Å². The molecule has 0 saturated carbocycles. The molecular weight excluding hydrogens is 188 g/mol. The number of aliphatic hydroxyl groups excluding tert-OH is 1. The van der Waals surface area contributed by atoms with E-state index in [2.05, 4.69) is 4.98 Å². The van der Waals surface area contributed by atoms with E-state index in [1.165, 1.54) is 0 Å². The minimum Gasteiger partial charge on any atom is -0.510 e. The molecule has 0 aliphatic carbocycles. The van der Waals surface area contributed by atoms with Gasteiger partial charge in [-0.3, -0.25) is 4.98 Å². The maximum atomic E-state index is 9.26. The van der Waals surface area contributed by atoms with Crippen molar-refractivity contribution in [2.75, 3.05) is 5.88 Å². The lowest BCUT2D eigenvalue weighted by molar-refractivity contribution is 0.419. The molecule has 0 saturated heterocycles. The number of rotatable bonds is 2. The van der Waals surface area contributed by atoms with E-state index in [0.29, 0.717) is 5.69 Å². The van der Waals surface area contributed by atoms with E-state index in [-0.39, 0.29) is 17.2 Å². The summed E-state index contributed by atoms with van der Waals surface area (Å²) in [4.78, 5) is 3.92. The van der Waals surface area contributed by atoms with E-state index < -0.39 is 0 Å². The van der Waals surface area contributed by atoms with E-state index in [4.69, 9.17) is 16.9 Å². The molecular formula is C9H7ClN2O. The van der Waals surface area contributed by atoms with Crippen molar-refractivity contribution in [2.24, 2.45) is 0 Å². The van der Waals surface area contributed by atoms with Crippen LogP contribution in [0.5, 0.6) is 0 Å². The minimum atomic E-state index is -0.150. The fraction of sp³-hybridized carbons (Fsp3) is 0.111. The van der Waals surface area contributed by atoms with Gasteiger partial charge in [-0.1, -0.05) is 6.07 Å². The summed E-state index contributed by atoms with van der Waals surface area (Å²) < 4.78 is 0. The number of pyridine rings is 1. The smallest absolute Gasteiger partial charge is 0.127 e. The van der Waals surface area contributed by atoms with Gasteiger partial charge >= 0.3 is 0 Å². The highest BCUT2D eigenvalue weighted by atomic mass is 35.5. The van der Waals surface area contributed by atoms with Gasteiger partial charge in [0.25, 0.3) is 0 Å². The summed E-state index contributed by atoms with van der Waals surface area (Å²) in [5, 5.41) is 18.0. The molecule has 1 heterocycles. The predicted octanol–water partition coefficient (Wildman–Crippen LogP) is 2.11. The van der Waals surface area contributed by atoms with E-state index in [1.54, 1.807) is 24.4 Å². The molecule has 4 heteroatoms. The first-order valence-electron chi connectivity index (χ1n) is 3.59. The van der Waals surface area contributed by atoms with Crippen LogP contribution in [0.25, 0.3) is 5.57 Å². The summed E-state index contributed by atoms with van der Waals surface area (Å²) in [5.74, 6) is -0.234. The second kappa shape index (κ2) is 4.48. The Labute approximate surface area is 80.9 Å². The SMILES string of the molecule is N#CC(=C(O)CCl)c1ccccn1. The van der Waals surface area contributed by atoms with Gasteiger partial charge < -0.3 is 5.11 Å². The van der Waals surface area contributed by atoms with Crippen LogP contribution in [-0.4, -0.2) is 16.0 Å². The van der Waals surface area contributed by atoms with Gasteiger partial charge in [0.2, 0.25) is 0 Å². The van der Waals surface area contributed by atoms with Crippen molar-refractivity contribution in [1.29, 1.82) is 5.26 Å². The molecule has 1 aromatic heterocycles. The molecule has 0 fully saturated rings. The number of nitriles is 1. The molecule has 0 unspecified atom stereocenters. The Hall–Kier alpha value is -1.53. The van der Waals surface area contributed by atoms with Crippen LogP contribution in [0, 0.1) is 11.3 Å². The lowest BCUT2D eigenvalue weighted by atomic mass is 10.1. The highest BCUT2D eigenvalue weighted by Crippen LogP contribution is 2.14. The average molecular weight is 195 g/mol. The second-order valence-electron chi connectivity index (χ2n) is 2.28. The summed E-state index contributed by atoms with van der Waals surface area (Å²) in [7, 11) is 0. The maximum Gasteiger partial charge on any atom is 0.127 e. The molecule has 0 aliphatic rings. The zero-order valence-corrected chi connectivity index (χ0v) is 7.49. The van der Waals surface area contributed by atoms with Gasteiger partial charge in [0.15, 0.2) is 0 Å². The van der Waals surface area contributed by atoms with Gasteiger partial charge in [-0.15, -0.1) is 11.6 Å². The van der Waals surface area contributed by atoms with Gasteiger partial charge in [-0.25, -0.2) is 0 Å². The zero-order chi connectivity index (χ0) is 9.68. The van der Waals surface area contributed by atoms with Crippen molar-refractivity contribution in [3.05, 3.63) is 35.8 Å². The first-order valence-corrected chi connectivity index (χ1v) is 4.12. The van der Waals surface area contributed by atoms with Crippen LogP contribution in [0.3, 0.4) is 0 Å². The average Bonchev–Trinajstić information content (AvgIpc) is 2.20. The zero-order valence-electron chi connectivity index (χ0n) is 6.74. The third kappa shape index (κ3) is 2.20. The molecule has 0 spiro atoms. The largest absolute Gasteiger partial charge is 0.510 e. The third-order valence-corrected chi connectivity index (χ3v) is 1.70. The van der Waals surface area contributed by atoms with Crippen LogP contribution >= 0.6 is 11.6 Å². The molecule has 0 radical (unpaired) electrons. The summed E-state index contributed by atoms with van der Waals surface area (Å²) in [5.41, 5.74) is 0.554. The van der Waals surface area contributed by atoms with E-state index in [0.717, 1.165) is 0 Å². The van der Waals surface area contributed by atoms with Crippen LogP contribution in [0.15, 0.2) is 30.2 Å². The first kappa shape index (κ1) is 9.56. The molecule has 66 valence electrons. The molecule has 1 rings (SSSR count). The fourth-order valence-corrected chi connectivity index (χ4v) is 0.981. The Morgan fingerprint density at radius 3 is 2.85 bits per heavy atom. The van der Waals surface area contributed by atoms with Gasteiger partial charge in [-0.05, 0) is 12.1 Å². The van der Waals surface area contributed by atoms with Crippen molar-refractivity contribution in [3.63, 3.8) is 0 Å². The lowest BCUT2D eigenvalue weighted by Gasteiger charge is -1.99. The third-order valence-electron chi connectivity index (χ3n) is 1.45. The van der Waals surface area contributed by atoms with Crippen molar-refractivity contribution in [3.8, 4) is 6.07 Å². The number of alkyl halides is 1. The van der Waals surface area contributed by atoms with E-state index in [1.807, 2.05) is 6.07 Å². The van der Waals surface area contributed by atoms with Crippen LogP contribution in [0.4, 0.5) is 0 Å². The highest BCUT2D eigenvalue weighted by Gasteiger charge is 2.07. The number of nitrogens with zero attached hydrogens (tertiary/aromatic N) is 2. The van der Waals surface area contributed by atoms with Gasteiger partial charge in [0.1, 0.15) is 17.4 Å². The summed E-state index contributed by atoms with van der Waals surface area (Å²) >= 11 is 5.39. The van der Waals surface area contributed by atoms with Gasteiger partial charge in [-0.2, -0.15) is 5.26 Å². The standard InChI is InChI=1S/C9H7ClN2O/c10-5-9(13)7(6-11)8-3-1-2-4-12-8/h1-4,13H,5H2. The van der Waals surface area contributed by atoms with Crippen LogP contribution in [0.1, 0.15) is 5.69 Å². The molecule has 13 heavy (non-hydrogen) atoms. The Kier molecular flexibility index (Phi) is 3.30. The monoisotopic (exact) mass is 194 g/mol. The Morgan fingerprint density at radius 1 is 1.62 bits per heavy atom. The number of hydrogen-bond donors (Lipinski definition) is 1. The van der Waals surface area contributed by atoms with Crippen LogP contribution in [-0.2, 0) is 0 Å². The highest BCUT2D eigenvalue weighted by molar-refractivity contribution is 6.19. The molecule has 0 aromatic carbocycles. The number of aromatic nitrogens is 1.